The zero-order chi connectivity index (χ0) is 26.2. The highest BCUT2D eigenvalue weighted by Gasteiger charge is 2.17. The molecular formula is C28H27N3O4S2. The Hall–Kier alpha value is -3.82. The third-order valence-electron chi connectivity index (χ3n) is 5.30. The minimum absolute atomic E-state index is 0.150. The summed E-state index contributed by atoms with van der Waals surface area (Å²) >= 11 is 2.78. The third-order valence-corrected chi connectivity index (χ3v) is 7.15. The van der Waals surface area contributed by atoms with Crippen LogP contribution in [0.3, 0.4) is 0 Å². The second kappa shape index (κ2) is 12.4. The van der Waals surface area contributed by atoms with Gasteiger partial charge in [0.1, 0.15) is 11.5 Å². The van der Waals surface area contributed by atoms with Crippen molar-refractivity contribution in [2.24, 2.45) is 0 Å². The number of methoxy groups -OCH3 is 1. The quantitative estimate of drug-likeness (QED) is 0.224. The van der Waals surface area contributed by atoms with Crippen LogP contribution in [-0.2, 0) is 4.79 Å². The summed E-state index contributed by atoms with van der Waals surface area (Å²) in [6.45, 7) is 4.40. The number of rotatable bonds is 10. The van der Waals surface area contributed by atoms with Crippen molar-refractivity contribution < 1.29 is 19.1 Å². The Bertz CT molecular complexity index is 1370. The van der Waals surface area contributed by atoms with Gasteiger partial charge in [0.05, 0.1) is 24.7 Å². The number of thiazole rings is 1. The molecule has 1 unspecified atom stereocenters. The van der Waals surface area contributed by atoms with E-state index in [1.807, 2.05) is 67.8 Å². The Morgan fingerprint density at radius 1 is 1.00 bits per heavy atom. The molecule has 2 amide bonds. The van der Waals surface area contributed by atoms with Crippen molar-refractivity contribution >= 4 is 45.7 Å². The van der Waals surface area contributed by atoms with Crippen molar-refractivity contribution in [3.63, 3.8) is 0 Å². The first kappa shape index (κ1) is 26.2. The summed E-state index contributed by atoms with van der Waals surface area (Å²) in [6.07, 6.45) is 0. The number of carbonyl (C=O) groups is 2. The predicted molar refractivity (Wildman–Crippen MR) is 150 cm³/mol. The fourth-order valence-corrected chi connectivity index (χ4v) is 5.08. The molecule has 0 fully saturated rings. The molecule has 7 nitrogen and oxygen atoms in total. The molecule has 37 heavy (non-hydrogen) atoms. The lowest BCUT2D eigenvalue weighted by Crippen LogP contribution is -2.22. The van der Waals surface area contributed by atoms with Crippen LogP contribution in [0, 0.1) is 0 Å². The summed E-state index contributed by atoms with van der Waals surface area (Å²) < 4.78 is 10.7. The summed E-state index contributed by atoms with van der Waals surface area (Å²) in [7, 11) is 1.56. The minimum atomic E-state index is -0.373. The molecule has 0 saturated heterocycles. The van der Waals surface area contributed by atoms with Gasteiger partial charge in [-0.1, -0.05) is 12.1 Å². The van der Waals surface area contributed by atoms with Gasteiger partial charge in [0.25, 0.3) is 5.91 Å². The first-order valence-corrected chi connectivity index (χ1v) is 13.4. The van der Waals surface area contributed by atoms with Gasteiger partial charge in [-0.2, -0.15) is 0 Å². The molecule has 1 atom stereocenters. The monoisotopic (exact) mass is 533 g/mol. The van der Waals surface area contributed by atoms with Gasteiger partial charge in [0, 0.05) is 27.1 Å². The smallest absolute Gasteiger partial charge is 0.255 e. The van der Waals surface area contributed by atoms with E-state index in [0.717, 1.165) is 21.9 Å². The van der Waals surface area contributed by atoms with Crippen LogP contribution in [0.25, 0.3) is 11.3 Å². The zero-order valence-corrected chi connectivity index (χ0v) is 22.3. The molecule has 4 aromatic rings. The molecule has 0 aliphatic carbocycles. The zero-order valence-electron chi connectivity index (χ0n) is 20.7. The van der Waals surface area contributed by atoms with Crippen LogP contribution in [0.4, 0.5) is 10.8 Å². The molecule has 1 aromatic heterocycles. The van der Waals surface area contributed by atoms with E-state index in [4.69, 9.17) is 9.47 Å². The van der Waals surface area contributed by atoms with E-state index in [2.05, 4.69) is 15.6 Å². The van der Waals surface area contributed by atoms with Crippen LogP contribution in [-0.4, -0.2) is 35.8 Å². The van der Waals surface area contributed by atoms with Gasteiger partial charge in [0.15, 0.2) is 5.13 Å². The number of aromatic nitrogens is 1. The maximum absolute atomic E-state index is 12.8. The van der Waals surface area contributed by atoms with Crippen LogP contribution >= 0.6 is 23.1 Å². The van der Waals surface area contributed by atoms with Crippen molar-refractivity contribution in [1.82, 2.24) is 4.98 Å². The molecule has 0 saturated carbocycles. The Morgan fingerprint density at radius 2 is 1.78 bits per heavy atom. The standard InChI is InChI=1S/C28H27N3O4S2/c1-4-35-22-13-11-19(12-14-22)25-17-36-28(30-25)31-26(32)18(2)37-24-10-6-8-21(16-24)29-27(33)20-7-5-9-23(15-20)34-3/h5-18H,4H2,1-3H3,(H,29,33)(H,30,31,32). The highest BCUT2D eigenvalue weighted by molar-refractivity contribution is 8.00. The van der Waals surface area contributed by atoms with Crippen LogP contribution in [0.5, 0.6) is 11.5 Å². The van der Waals surface area contributed by atoms with E-state index in [-0.39, 0.29) is 17.1 Å². The van der Waals surface area contributed by atoms with Gasteiger partial charge >= 0.3 is 0 Å². The molecule has 2 N–H and O–H groups in total. The van der Waals surface area contributed by atoms with E-state index in [0.29, 0.717) is 28.7 Å². The lowest BCUT2D eigenvalue weighted by atomic mass is 10.2. The van der Waals surface area contributed by atoms with E-state index >= 15 is 0 Å². The van der Waals surface area contributed by atoms with E-state index in [9.17, 15) is 9.59 Å². The van der Waals surface area contributed by atoms with Crippen LogP contribution in [0.2, 0.25) is 0 Å². The van der Waals surface area contributed by atoms with Gasteiger partial charge < -0.3 is 20.1 Å². The van der Waals surface area contributed by atoms with Crippen LogP contribution in [0.15, 0.2) is 83.1 Å². The number of thioether (sulfide) groups is 1. The van der Waals surface area contributed by atoms with Crippen molar-refractivity contribution in [3.05, 3.63) is 83.7 Å². The van der Waals surface area contributed by atoms with Gasteiger partial charge in [0.2, 0.25) is 5.91 Å². The summed E-state index contributed by atoms with van der Waals surface area (Å²) in [5.41, 5.74) is 2.89. The van der Waals surface area contributed by atoms with Crippen LogP contribution < -0.4 is 20.1 Å². The van der Waals surface area contributed by atoms with E-state index in [1.54, 1.807) is 31.4 Å². The average Bonchev–Trinajstić information content (AvgIpc) is 3.38. The summed E-state index contributed by atoms with van der Waals surface area (Å²) in [5, 5.41) is 7.88. The molecule has 0 spiro atoms. The second-order valence-corrected chi connectivity index (χ2v) is 10.2. The molecule has 9 heteroatoms. The summed E-state index contributed by atoms with van der Waals surface area (Å²) in [6, 6.07) is 22.1. The predicted octanol–water partition coefficient (Wildman–Crippen LogP) is 6.59. The maximum atomic E-state index is 12.8. The Morgan fingerprint density at radius 3 is 2.54 bits per heavy atom. The van der Waals surface area contributed by atoms with E-state index < -0.39 is 0 Å². The SMILES string of the molecule is CCOc1ccc(-c2csc(NC(=O)C(C)Sc3cccc(NC(=O)c4cccc(OC)c4)c3)n2)cc1. The fourth-order valence-electron chi connectivity index (χ4n) is 3.43. The maximum Gasteiger partial charge on any atom is 0.255 e. The molecule has 3 aromatic carbocycles. The first-order valence-electron chi connectivity index (χ1n) is 11.7. The Labute approximate surface area is 224 Å². The van der Waals surface area contributed by atoms with Crippen molar-refractivity contribution in [2.45, 2.75) is 24.0 Å². The number of nitrogens with one attached hydrogen (secondary N) is 2. The summed E-state index contributed by atoms with van der Waals surface area (Å²) in [4.78, 5) is 30.9. The van der Waals surface area contributed by atoms with Gasteiger partial charge in [-0.15, -0.1) is 23.1 Å². The molecule has 0 radical (unpaired) electrons. The molecule has 0 aliphatic heterocycles. The van der Waals surface area contributed by atoms with Crippen molar-refractivity contribution in [2.75, 3.05) is 24.4 Å². The number of anilines is 2. The molecule has 190 valence electrons. The number of nitrogens with zero attached hydrogens (tertiary/aromatic N) is 1. The lowest BCUT2D eigenvalue weighted by Gasteiger charge is -2.12. The second-order valence-electron chi connectivity index (χ2n) is 7.96. The molecular weight excluding hydrogens is 506 g/mol. The number of ether oxygens (including phenoxy) is 2. The van der Waals surface area contributed by atoms with Gasteiger partial charge in [-0.3, -0.25) is 9.59 Å². The molecule has 0 aliphatic rings. The highest BCUT2D eigenvalue weighted by atomic mass is 32.2. The van der Waals surface area contributed by atoms with Crippen molar-refractivity contribution in [1.29, 1.82) is 0 Å². The fraction of sp³-hybridized carbons (Fsp3) is 0.179. The van der Waals surface area contributed by atoms with Crippen molar-refractivity contribution in [3.8, 4) is 22.8 Å². The molecule has 1 heterocycles. The average molecular weight is 534 g/mol. The van der Waals surface area contributed by atoms with E-state index in [1.165, 1.54) is 23.1 Å². The molecule has 4 rings (SSSR count). The Balaban J connectivity index is 1.34. The van der Waals surface area contributed by atoms with Crippen LogP contribution in [0.1, 0.15) is 24.2 Å². The first-order chi connectivity index (χ1) is 17.9. The van der Waals surface area contributed by atoms with Gasteiger partial charge in [-0.25, -0.2) is 4.98 Å². The number of hydrogen-bond acceptors (Lipinski definition) is 7. The number of hydrogen-bond donors (Lipinski definition) is 2. The third kappa shape index (κ3) is 7.12. The largest absolute Gasteiger partial charge is 0.497 e. The highest BCUT2D eigenvalue weighted by Crippen LogP contribution is 2.29. The van der Waals surface area contributed by atoms with Gasteiger partial charge in [-0.05, 0) is 74.5 Å². The normalized spacial score (nSPS) is 11.4. The minimum Gasteiger partial charge on any atom is -0.497 e. The number of carbonyl (C=O) groups excluding carboxylic acids is 2. The topological polar surface area (TPSA) is 89.6 Å². The number of amides is 2. The lowest BCUT2D eigenvalue weighted by molar-refractivity contribution is -0.115. The summed E-state index contributed by atoms with van der Waals surface area (Å²) in [5.74, 6) is 1.04. The number of benzene rings is 3. The molecule has 0 bridgehead atoms. The Kier molecular flexibility index (Phi) is 8.81.